The fourth-order valence-corrected chi connectivity index (χ4v) is 2.02. The van der Waals surface area contributed by atoms with Gasteiger partial charge in [-0.15, -0.1) is 0 Å². The quantitative estimate of drug-likeness (QED) is 0.811. The summed E-state index contributed by atoms with van der Waals surface area (Å²) in [6.45, 7) is 7.96. The minimum atomic E-state index is -0.487. The van der Waals surface area contributed by atoms with E-state index < -0.39 is 11.9 Å². The number of hydrogen-bond acceptors (Lipinski definition) is 6. The molecular formula is C18H22N4O3. The zero-order valence-corrected chi connectivity index (χ0v) is 14.8. The number of hydrogen-bond donors (Lipinski definition) is 2. The highest BCUT2D eigenvalue weighted by molar-refractivity contribution is 6.07. The Bertz CT molecular complexity index is 752. The summed E-state index contributed by atoms with van der Waals surface area (Å²) >= 11 is 0. The highest BCUT2D eigenvalue weighted by atomic mass is 16.5. The number of carbonyl (C=O) groups excluding carboxylic acids is 2. The molecule has 25 heavy (non-hydrogen) atoms. The minimum absolute atomic E-state index is 0.178. The van der Waals surface area contributed by atoms with Crippen molar-refractivity contribution >= 4 is 23.5 Å². The standard InChI is InChI=1S/C18H22N4O3/c1-5-25-16(24)13-8-6-7-9-14(13)21-15(23)12-10-19-17(20-11-12)22-18(2,3)4/h6-11H,5H2,1-4H3,(H,21,23)(H,19,20,22). The van der Waals surface area contributed by atoms with Gasteiger partial charge in [0.1, 0.15) is 0 Å². The Balaban J connectivity index is 2.14. The van der Waals surface area contributed by atoms with E-state index in [4.69, 9.17) is 4.74 Å². The number of aromatic nitrogens is 2. The van der Waals surface area contributed by atoms with Crippen LogP contribution in [0.5, 0.6) is 0 Å². The van der Waals surface area contributed by atoms with Crippen molar-refractivity contribution in [2.24, 2.45) is 0 Å². The number of para-hydroxylation sites is 1. The smallest absolute Gasteiger partial charge is 0.340 e. The third kappa shape index (κ3) is 5.27. The maximum Gasteiger partial charge on any atom is 0.340 e. The van der Waals surface area contributed by atoms with Gasteiger partial charge >= 0.3 is 5.97 Å². The predicted octanol–water partition coefficient (Wildman–Crippen LogP) is 3.12. The first-order valence-corrected chi connectivity index (χ1v) is 7.98. The van der Waals surface area contributed by atoms with E-state index in [-0.39, 0.29) is 17.7 Å². The number of ether oxygens (including phenoxy) is 1. The maximum atomic E-state index is 12.4. The van der Waals surface area contributed by atoms with E-state index in [0.29, 0.717) is 17.2 Å². The van der Waals surface area contributed by atoms with Gasteiger partial charge in [0.05, 0.1) is 23.4 Å². The van der Waals surface area contributed by atoms with Gasteiger partial charge in [0.15, 0.2) is 0 Å². The van der Waals surface area contributed by atoms with Gasteiger partial charge in [-0.1, -0.05) is 12.1 Å². The van der Waals surface area contributed by atoms with Gasteiger partial charge < -0.3 is 15.4 Å². The summed E-state index contributed by atoms with van der Waals surface area (Å²) in [5.74, 6) is -0.450. The lowest BCUT2D eigenvalue weighted by Gasteiger charge is -2.20. The molecule has 0 unspecified atom stereocenters. The molecule has 0 saturated heterocycles. The summed E-state index contributed by atoms with van der Waals surface area (Å²) in [6, 6.07) is 6.67. The van der Waals surface area contributed by atoms with Crippen LogP contribution in [0.3, 0.4) is 0 Å². The molecule has 2 rings (SSSR count). The molecule has 2 aromatic rings. The van der Waals surface area contributed by atoms with E-state index in [1.54, 1.807) is 31.2 Å². The van der Waals surface area contributed by atoms with Crippen LogP contribution in [0, 0.1) is 0 Å². The molecule has 1 heterocycles. The largest absolute Gasteiger partial charge is 0.462 e. The number of amides is 1. The summed E-state index contributed by atoms with van der Waals surface area (Å²) < 4.78 is 4.99. The van der Waals surface area contributed by atoms with Crippen LogP contribution in [0.25, 0.3) is 0 Å². The van der Waals surface area contributed by atoms with Gasteiger partial charge in [0.25, 0.3) is 5.91 Å². The first-order chi connectivity index (χ1) is 11.8. The molecule has 0 saturated carbocycles. The Kier molecular flexibility index (Phi) is 5.69. The normalized spacial score (nSPS) is 10.9. The summed E-state index contributed by atoms with van der Waals surface area (Å²) in [6.07, 6.45) is 2.87. The van der Waals surface area contributed by atoms with Crippen LogP contribution in [-0.2, 0) is 4.74 Å². The topological polar surface area (TPSA) is 93.2 Å². The minimum Gasteiger partial charge on any atom is -0.462 e. The van der Waals surface area contributed by atoms with Crippen LogP contribution in [0.1, 0.15) is 48.4 Å². The molecule has 132 valence electrons. The van der Waals surface area contributed by atoms with Gasteiger partial charge in [-0.2, -0.15) is 0 Å². The summed E-state index contributed by atoms with van der Waals surface area (Å²) in [4.78, 5) is 32.6. The number of esters is 1. The number of benzene rings is 1. The SMILES string of the molecule is CCOC(=O)c1ccccc1NC(=O)c1cnc(NC(C)(C)C)nc1. The van der Waals surface area contributed by atoms with E-state index >= 15 is 0 Å². The lowest BCUT2D eigenvalue weighted by molar-refractivity contribution is 0.0527. The summed E-state index contributed by atoms with van der Waals surface area (Å²) in [7, 11) is 0. The Labute approximate surface area is 146 Å². The molecule has 1 aromatic heterocycles. The zero-order valence-electron chi connectivity index (χ0n) is 14.8. The number of nitrogens with one attached hydrogen (secondary N) is 2. The van der Waals surface area contributed by atoms with Crippen molar-refractivity contribution in [3.63, 3.8) is 0 Å². The van der Waals surface area contributed by atoms with Gasteiger partial charge in [0.2, 0.25) is 5.95 Å². The van der Waals surface area contributed by atoms with Crippen molar-refractivity contribution in [2.45, 2.75) is 33.2 Å². The highest BCUT2D eigenvalue weighted by Crippen LogP contribution is 2.17. The lowest BCUT2D eigenvalue weighted by atomic mass is 10.1. The second kappa shape index (κ2) is 7.74. The number of carbonyl (C=O) groups is 2. The van der Waals surface area contributed by atoms with Gasteiger partial charge in [-0.05, 0) is 39.8 Å². The van der Waals surface area contributed by atoms with Crippen molar-refractivity contribution < 1.29 is 14.3 Å². The Morgan fingerprint density at radius 2 is 1.76 bits per heavy atom. The lowest BCUT2D eigenvalue weighted by Crippen LogP contribution is -2.27. The Morgan fingerprint density at radius 1 is 1.12 bits per heavy atom. The Hall–Kier alpha value is -2.96. The average Bonchev–Trinajstić information content (AvgIpc) is 2.54. The molecule has 7 heteroatoms. The summed E-state index contributed by atoms with van der Waals surface area (Å²) in [5.41, 5.74) is 0.785. The molecule has 0 bridgehead atoms. The van der Waals surface area contributed by atoms with Crippen molar-refractivity contribution in [1.82, 2.24) is 9.97 Å². The first kappa shape index (κ1) is 18.4. The van der Waals surface area contributed by atoms with E-state index in [9.17, 15) is 9.59 Å². The molecule has 0 spiro atoms. The Morgan fingerprint density at radius 3 is 2.36 bits per heavy atom. The first-order valence-electron chi connectivity index (χ1n) is 7.98. The monoisotopic (exact) mass is 342 g/mol. The second-order valence-electron chi connectivity index (χ2n) is 6.39. The van der Waals surface area contributed by atoms with Crippen molar-refractivity contribution in [1.29, 1.82) is 0 Å². The highest BCUT2D eigenvalue weighted by Gasteiger charge is 2.16. The molecule has 0 aliphatic rings. The zero-order chi connectivity index (χ0) is 18.4. The van der Waals surface area contributed by atoms with Crippen LogP contribution >= 0.6 is 0 Å². The van der Waals surface area contributed by atoms with E-state index in [2.05, 4.69) is 20.6 Å². The molecule has 0 radical (unpaired) electrons. The molecule has 1 amide bonds. The van der Waals surface area contributed by atoms with Crippen LogP contribution in [0.2, 0.25) is 0 Å². The molecule has 0 aliphatic carbocycles. The van der Waals surface area contributed by atoms with Crippen LogP contribution < -0.4 is 10.6 Å². The molecule has 2 N–H and O–H groups in total. The third-order valence-electron chi connectivity index (χ3n) is 3.07. The van der Waals surface area contributed by atoms with Gasteiger partial charge in [0, 0.05) is 17.9 Å². The molecule has 0 aliphatic heterocycles. The van der Waals surface area contributed by atoms with Gasteiger partial charge in [-0.25, -0.2) is 14.8 Å². The van der Waals surface area contributed by atoms with Crippen molar-refractivity contribution in [3.8, 4) is 0 Å². The molecule has 1 aromatic carbocycles. The molecular weight excluding hydrogens is 320 g/mol. The van der Waals surface area contributed by atoms with Crippen LogP contribution in [0.15, 0.2) is 36.7 Å². The molecule has 7 nitrogen and oxygen atoms in total. The maximum absolute atomic E-state index is 12.4. The second-order valence-corrected chi connectivity index (χ2v) is 6.39. The van der Waals surface area contributed by atoms with Crippen LogP contribution in [0.4, 0.5) is 11.6 Å². The van der Waals surface area contributed by atoms with Crippen molar-refractivity contribution in [2.75, 3.05) is 17.2 Å². The average molecular weight is 342 g/mol. The van der Waals surface area contributed by atoms with E-state index in [1.165, 1.54) is 12.4 Å². The summed E-state index contributed by atoms with van der Waals surface area (Å²) in [5, 5.41) is 5.81. The number of rotatable bonds is 5. The van der Waals surface area contributed by atoms with E-state index in [1.807, 2.05) is 20.8 Å². The molecule has 0 fully saturated rings. The predicted molar refractivity (Wildman–Crippen MR) is 95.8 cm³/mol. The fraction of sp³-hybridized carbons (Fsp3) is 0.333. The third-order valence-corrected chi connectivity index (χ3v) is 3.07. The van der Waals surface area contributed by atoms with Crippen LogP contribution in [-0.4, -0.2) is 34.0 Å². The van der Waals surface area contributed by atoms with Crippen molar-refractivity contribution in [3.05, 3.63) is 47.8 Å². The van der Waals surface area contributed by atoms with E-state index in [0.717, 1.165) is 0 Å². The molecule has 0 atom stereocenters. The fourth-order valence-electron chi connectivity index (χ4n) is 2.02. The van der Waals surface area contributed by atoms with Gasteiger partial charge in [-0.3, -0.25) is 4.79 Å². The number of nitrogens with zero attached hydrogens (tertiary/aromatic N) is 2. The number of anilines is 2.